The molecule has 4 aliphatic carbocycles. The number of alkyl halides is 1. The Morgan fingerprint density at radius 1 is 1.35 bits per heavy atom. The molecule has 1 N–H and O–H groups in total. The van der Waals surface area contributed by atoms with Crippen molar-refractivity contribution >= 4 is 11.5 Å². The zero-order chi connectivity index (χ0) is 22.8. The molecular formula is C27H36FNO2. The van der Waals surface area contributed by atoms with Gasteiger partial charge in [0, 0.05) is 24.8 Å². The number of carbonyl (C=O) groups is 1. The van der Waals surface area contributed by atoms with E-state index in [-0.39, 0.29) is 36.4 Å². The van der Waals surface area contributed by atoms with Gasteiger partial charge in [0.1, 0.15) is 5.78 Å². The van der Waals surface area contributed by atoms with Gasteiger partial charge in [-0.05, 0) is 62.0 Å². The van der Waals surface area contributed by atoms with Crippen molar-refractivity contribution in [3.8, 4) is 0 Å². The number of halogens is 1. The molecular weight excluding hydrogens is 389 g/mol. The van der Waals surface area contributed by atoms with Gasteiger partial charge in [0.05, 0.1) is 17.2 Å². The minimum Gasteiger partial charge on any atom is -0.390 e. The molecule has 0 heterocycles. The molecule has 3 nitrogen and oxygen atoms in total. The summed E-state index contributed by atoms with van der Waals surface area (Å²) >= 11 is 0. The van der Waals surface area contributed by atoms with Gasteiger partial charge in [-0.2, -0.15) is 0 Å². The lowest BCUT2D eigenvalue weighted by Gasteiger charge is -2.63. The Morgan fingerprint density at radius 3 is 2.68 bits per heavy atom. The molecule has 0 bridgehead atoms. The Kier molecular flexibility index (Phi) is 5.13. The highest BCUT2D eigenvalue weighted by Gasteiger charge is 2.74. The molecule has 0 radical (unpaired) electrons. The molecule has 0 saturated heterocycles. The summed E-state index contributed by atoms with van der Waals surface area (Å²) in [5, 5.41) is 11.5. The van der Waals surface area contributed by atoms with Crippen LogP contribution < -0.4 is 0 Å². The van der Waals surface area contributed by atoms with E-state index < -0.39 is 28.0 Å². The fraction of sp³-hybridized carbons (Fsp3) is 0.630. The van der Waals surface area contributed by atoms with Crippen LogP contribution in [-0.4, -0.2) is 35.4 Å². The molecule has 31 heavy (non-hydrogen) atoms. The SMILES string of the molecule is C=CCC(=O)[C@@]1(C=C)[C@@H](C)C[C@H]2[C@@H]3CCC4=CC(=NC)C=C[C@]4(C)[C@@]3(F)[C@@H](O)C[C@@]21C. The van der Waals surface area contributed by atoms with Gasteiger partial charge in [-0.15, -0.1) is 13.2 Å². The standard InChI is InChI=1S/C27H36FNO2/c1-7-9-22(30)26(8-2)17(3)14-21-20-11-10-18-15-19(29-6)12-13-24(18,4)27(20,28)23(31)16-25(21,26)5/h7-8,12-13,15,17,20-21,23,31H,1-2,9-11,14,16H2,3-6H3/t17-,20-,21-,23-,24-,25-,26+,27-/m0/s1. The van der Waals surface area contributed by atoms with Gasteiger partial charge in [-0.1, -0.05) is 37.6 Å². The Hall–Kier alpha value is -1.81. The van der Waals surface area contributed by atoms with Gasteiger partial charge < -0.3 is 5.11 Å². The first-order chi connectivity index (χ1) is 14.6. The quantitative estimate of drug-likeness (QED) is 0.611. The van der Waals surface area contributed by atoms with Crippen molar-refractivity contribution in [2.75, 3.05) is 7.05 Å². The summed E-state index contributed by atoms with van der Waals surface area (Å²) < 4.78 is 17.3. The van der Waals surface area contributed by atoms with Crippen molar-refractivity contribution in [3.05, 3.63) is 49.1 Å². The Bertz CT molecular complexity index is 918. The van der Waals surface area contributed by atoms with Crippen LogP contribution in [0.1, 0.15) is 52.9 Å². The second-order valence-corrected chi connectivity index (χ2v) is 10.6. The fourth-order valence-electron chi connectivity index (χ4n) is 8.19. The molecule has 0 aromatic rings. The van der Waals surface area contributed by atoms with Crippen molar-refractivity contribution in [1.82, 2.24) is 0 Å². The first-order valence-corrected chi connectivity index (χ1v) is 11.6. The highest BCUT2D eigenvalue weighted by atomic mass is 19.1. The molecule has 3 saturated carbocycles. The molecule has 0 aliphatic heterocycles. The maximum Gasteiger partial charge on any atom is 0.152 e. The predicted molar refractivity (Wildman–Crippen MR) is 124 cm³/mol. The number of fused-ring (bicyclic) bond motifs is 5. The maximum atomic E-state index is 17.3. The van der Waals surface area contributed by atoms with E-state index in [2.05, 4.69) is 32.0 Å². The summed E-state index contributed by atoms with van der Waals surface area (Å²) in [7, 11) is 1.74. The van der Waals surface area contributed by atoms with Crippen molar-refractivity contribution in [1.29, 1.82) is 0 Å². The van der Waals surface area contributed by atoms with Crippen molar-refractivity contribution in [3.63, 3.8) is 0 Å². The van der Waals surface area contributed by atoms with Crippen molar-refractivity contribution < 1.29 is 14.3 Å². The third kappa shape index (κ3) is 2.49. The first-order valence-electron chi connectivity index (χ1n) is 11.6. The number of allylic oxidation sites excluding steroid dienone is 6. The topological polar surface area (TPSA) is 49.7 Å². The van der Waals surface area contributed by atoms with Gasteiger partial charge in [-0.25, -0.2) is 4.39 Å². The van der Waals surface area contributed by atoms with E-state index in [1.165, 1.54) is 0 Å². The van der Waals surface area contributed by atoms with E-state index in [0.717, 1.165) is 24.1 Å². The van der Waals surface area contributed by atoms with E-state index >= 15 is 4.39 Å². The number of Topliss-reactive ketones (excluding diaryl/α,β-unsaturated/α-hetero) is 1. The molecule has 168 valence electrons. The van der Waals surface area contributed by atoms with E-state index in [1.807, 2.05) is 31.2 Å². The number of hydrogen-bond acceptors (Lipinski definition) is 3. The zero-order valence-electron chi connectivity index (χ0n) is 19.3. The predicted octanol–water partition coefficient (Wildman–Crippen LogP) is 5.42. The van der Waals surface area contributed by atoms with Gasteiger partial charge in [0.2, 0.25) is 0 Å². The lowest BCUT2D eigenvalue weighted by Crippen LogP contribution is -2.67. The maximum absolute atomic E-state index is 17.3. The molecule has 0 unspecified atom stereocenters. The van der Waals surface area contributed by atoms with Crippen LogP contribution in [0.5, 0.6) is 0 Å². The molecule has 0 spiro atoms. The normalized spacial score (nSPS) is 49.6. The molecule has 3 fully saturated rings. The lowest BCUT2D eigenvalue weighted by molar-refractivity contribution is -0.201. The largest absolute Gasteiger partial charge is 0.390 e. The van der Waals surface area contributed by atoms with Gasteiger partial charge in [-0.3, -0.25) is 9.79 Å². The van der Waals surface area contributed by atoms with Crippen LogP contribution in [0.3, 0.4) is 0 Å². The third-order valence-electron chi connectivity index (χ3n) is 9.74. The second kappa shape index (κ2) is 7.10. The number of rotatable bonds is 4. The number of aliphatic hydroxyl groups excluding tert-OH is 1. The van der Waals surface area contributed by atoms with Gasteiger partial charge in [0.15, 0.2) is 5.67 Å². The van der Waals surface area contributed by atoms with E-state index in [0.29, 0.717) is 6.42 Å². The fourth-order valence-corrected chi connectivity index (χ4v) is 8.19. The smallest absolute Gasteiger partial charge is 0.152 e. The van der Waals surface area contributed by atoms with E-state index in [4.69, 9.17) is 0 Å². The minimum atomic E-state index is -1.77. The molecule has 0 amide bonds. The number of aliphatic hydroxyl groups is 1. The van der Waals surface area contributed by atoms with Crippen LogP contribution in [0.2, 0.25) is 0 Å². The number of aliphatic imine (C=N–C) groups is 1. The number of carbonyl (C=O) groups excluding carboxylic acids is 1. The van der Waals surface area contributed by atoms with Crippen LogP contribution in [0, 0.1) is 34.0 Å². The Labute approximate surface area is 185 Å². The second-order valence-electron chi connectivity index (χ2n) is 10.6. The van der Waals surface area contributed by atoms with E-state index in [9.17, 15) is 9.90 Å². The van der Waals surface area contributed by atoms with Crippen LogP contribution in [0.25, 0.3) is 0 Å². The summed E-state index contributed by atoms with van der Waals surface area (Å²) in [6.45, 7) is 14.0. The molecule has 4 rings (SSSR count). The molecule has 0 aromatic carbocycles. The molecule has 0 aromatic heterocycles. The van der Waals surface area contributed by atoms with Crippen LogP contribution in [-0.2, 0) is 4.79 Å². The summed E-state index contributed by atoms with van der Waals surface area (Å²) in [6.07, 6.45) is 10.9. The monoisotopic (exact) mass is 425 g/mol. The number of hydrogen-bond donors (Lipinski definition) is 1. The van der Waals surface area contributed by atoms with Gasteiger partial charge >= 0.3 is 0 Å². The Balaban J connectivity index is 1.84. The molecule has 4 aliphatic rings. The summed E-state index contributed by atoms with van der Waals surface area (Å²) in [4.78, 5) is 17.7. The zero-order valence-corrected chi connectivity index (χ0v) is 19.3. The average molecular weight is 426 g/mol. The summed E-state index contributed by atoms with van der Waals surface area (Å²) in [5.74, 6) is -0.158. The Morgan fingerprint density at radius 2 is 2.06 bits per heavy atom. The number of nitrogens with zero attached hydrogens (tertiary/aromatic N) is 1. The van der Waals surface area contributed by atoms with Crippen LogP contribution >= 0.6 is 0 Å². The van der Waals surface area contributed by atoms with Crippen LogP contribution in [0.4, 0.5) is 4.39 Å². The molecule has 4 heteroatoms. The summed E-state index contributed by atoms with van der Waals surface area (Å²) in [6, 6.07) is 0. The molecule has 8 atom stereocenters. The first kappa shape index (κ1) is 22.4. The third-order valence-corrected chi connectivity index (χ3v) is 9.74. The highest BCUT2D eigenvalue weighted by Crippen LogP contribution is 2.73. The minimum absolute atomic E-state index is 0.00989. The average Bonchev–Trinajstić information content (AvgIpc) is 2.95. The van der Waals surface area contributed by atoms with Crippen molar-refractivity contribution in [2.24, 2.45) is 39.0 Å². The van der Waals surface area contributed by atoms with Crippen molar-refractivity contribution in [2.45, 2.75) is 64.6 Å². The highest BCUT2D eigenvalue weighted by molar-refractivity contribution is 6.05. The lowest BCUT2D eigenvalue weighted by atomic mass is 9.43. The summed E-state index contributed by atoms with van der Waals surface area (Å²) in [5.41, 5.74) is -2.07. The van der Waals surface area contributed by atoms with Crippen LogP contribution in [0.15, 0.2) is 54.1 Å². The number of ketones is 1. The van der Waals surface area contributed by atoms with Gasteiger partial charge in [0.25, 0.3) is 0 Å². The van der Waals surface area contributed by atoms with E-state index in [1.54, 1.807) is 13.1 Å².